The molecule has 7 nitrogen and oxygen atoms in total. The molecule has 27 heavy (non-hydrogen) atoms. The Hall–Kier alpha value is -2.51. The number of hydrogen-bond donors (Lipinski definition) is 3. The van der Waals surface area contributed by atoms with E-state index >= 15 is 0 Å². The standard InChI is InChI=1S/C19H22ClNO6/c1-4-27-19(26)12-8-21(15(9-22)10(2)3)14(6-16(12)23)11-5-13(20)18(25)7-17(11)24/h5-8,10,15,22,24-25H,4,9H2,1-3H3. The van der Waals surface area contributed by atoms with Crippen molar-refractivity contribution < 1.29 is 24.9 Å². The van der Waals surface area contributed by atoms with Crippen molar-refractivity contribution in [3.8, 4) is 22.8 Å². The number of nitrogens with zero attached hydrogens (tertiary/aromatic N) is 1. The third-order valence-corrected chi connectivity index (χ3v) is 4.53. The Balaban J connectivity index is 2.80. The highest BCUT2D eigenvalue weighted by Crippen LogP contribution is 2.38. The normalized spacial score (nSPS) is 12.2. The molecule has 0 spiro atoms. The van der Waals surface area contributed by atoms with Gasteiger partial charge in [0.25, 0.3) is 0 Å². The minimum absolute atomic E-state index is 0.0126. The van der Waals surface area contributed by atoms with Crippen LogP contribution in [0.3, 0.4) is 0 Å². The Morgan fingerprint density at radius 2 is 1.89 bits per heavy atom. The van der Waals surface area contributed by atoms with Gasteiger partial charge in [-0.2, -0.15) is 0 Å². The van der Waals surface area contributed by atoms with E-state index in [9.17, 15) is 24.9 Å². The van der Waals surface area contributed by atoms with E-state index in [0.717, 1.165) is 6.07 Å². The Morgan fingerprint density at radius 3 is 2.44 bits per heavy atom. The number of benzene rings is 1. The molecule has 0 aliphatic carbocycles. The number of esters is 1. The molecule has 0 fully saturated rings. The molecule has 0 saturated heterocycles. The van der Waals surface area contributed by atoms with Crippen LogP contribution in [0.2, 0.25) is 5.02 Å². The van der Waals surface area contributed by atoms with Crippen LogP contribution in [0.25, 0.3) is 11.3 Å². The third-order valence-electron chi connectivity index (χ3n) is 4.23. The first-order valence-electron chi connectivity index (χ1n) is 8.47. The van der Waals surface area contributed by atoms with Crippen LogP contribution in [-0.2, 0) is 4.74 Å². The molecule has 1 atom stereocenters. The monoisotopic (exact) mass is 395 g/mol. The molecule has 0 bridgehead atoms. The quantitative estimate of drug-likeness (QED) is 0.649. The lowest BCUT2D eigenvalue weighted by molar-refractivity contribution is 0.0523. The first-order valence-corrected chi connectivity index (χ1v) is 8.85. The van der Waals surface area contributed by atoms with Crippen molar-refractivity contribution in [1.29, 1.82) is 0 Å². The number of ether oxygens (including phenoxy) is 1. The van der Waals surface area contributed by atoms with E-state index in [1.54, 1.807) is 11.5 Å². The fourth-order valence-electron chi connectivity index (χ4n) is 2.78. The van der Waals surface area contributed by atoms with Crippen LogP contribution in [0.1, 0.15) is 37.2 Å². The Kier molecular flexibility index (Phi) is 6.51. The van der Waals surface area contributed by atoms with Crippen LogP contribution >= 0.6 is 11.6 Å². The summed E-state index contributed by atoms with van der Waals surface area (Å²) < 4.78 is 6.47. The fourth-order valence-corrected chi connectivity index (χ4v) is 2.94. The summed E-state index contributed by atoms with van der Waals surface area (Å²) >= 11 is 5.95. The number of pyridine rings is 1. The number of aliphatic hydroxyl groups excluding tert-OH is 1. The van der Waals surface area contributed by atoms with Crippen molar-refractivity contribution in [2.45, 2.75) is 26.8 Å². The zero-order chi connectivity index (χ0) is 20.3. The van der Waals surface area contributed by atoms with Gasteiger partial charge in [0.1, 0.15) is 17.1 Å². The Bertz CT molecular complexity index is 906. The molecule has 2 aromatic rings. The number of aromatic nitrogens is 1. The maximum Gasteiger partial charge on any atom is 0.343 e. The van der Waals surface area contributed by atoms with Gasteiger partial charge in [0, 0.05) is 23.9 Å². The highest BCUT2D eigenvalue weighted by Gasteiger charge is 2.23. The molecule has 0 saturated carbocycles. The van der Waals surface area contributed by atoms with Gasteiger partial charge in [-0.05, 0) is 18.9 Å². The molecule has 0 amide bonds. The fraction of sp³-hybridized carbons (Fsp3) is 0.368. The number of carbonyl (C=O) groups excluding carboxylic acids is 1. The van der Waals surface area contributed by atoms with Gasteiger partial charge in [0.2, 0.25) is 0 Å². The van der Waals surface area contributed by atoms with E-state index in [1.807, 2.05) is 13.8 Å². The van der Waals surface area contributed by atoms with Crippen LogP contribution in [-0.4, -0.2) is 39.1 Å². The molecule has 1 aromatic carbocycles. The summed E-state index contributed by atoms with van der Waals surface area (Å²) in [6.45, 7) is 5.23. The SMILES string of the molecule is CCOC(=O)c1cn(C(CO)C(C)C)c(-c2cc(Cl)c(O)cc2O)cc1=O. The van der Waals surface area contributed by atoms with Gasteiger partial charge in [0.15, 0.2) is 5.43 Å². The maximum atomic E-state index is 12.5. The third kappa shape index (κ3) is 4.26. The van der Waals surface area contributed by atoms with E-state index < -0.39 is 17.4 Å². The van der Waals surface area contributed by atoms with Gasteiger partial charge in [-0.25, -0.2) is 4.79 Å². The van der Waals surface area contributed by atoms with Gasteiger partial charge in [-0.3, -0.25) is 4.79 Å². The largest absolute Gasteiger partial charge is 0.507 e. The summed E-state index contributed by atoms with van der Waals surface area (Å²) in [5.74, 6) is -1.43. The predicted octanol–water partition coefficient (Wildman–Crippen LogP) is 2.95. The van der Waals surface area contributed by atoms with Crippen molar-refractivity contribution in [3.05, 3.63) is 45.2 Å². The highest BCUT2D eigenvalue weighted by atomic mass is 35.5. The summed E-state index contributed by atoms with van der Waals surface area (Å²) in [6.07, 6.45) is 1.32. The first kappa shape index (κ1) is 20.8. The van der Waals surface area contributed by atoms with Gasteiger partial charge in [0.05, 0.1) is 30.0 Å². The molecule has 1 heterocycles. The molecular formula is C19H22ClNO6. The second-order valence-electron chi connectivity index (χ2n) is 6.38. The van der Waals surface area contributed by atoms with E-state index in [2.05, 4.69) is 0 Å². The zero-order valence-electron chi connectivity index (χ0n) is 15.3. The van der Waals surface area contributed by atoms with E-state index in [0.29, 0.717) is 0 Å². The van der Waals surface area contributed by atoms with Gasteiger partial charge in [-0.15, -0.1) is 0 Å². The topological polar surface area (TPSA) is 109 Å². The van der Waals surface area contributed by atoms with Crippen molar-refractivity contribution in [2.24, 2.45) is 5.92 Å². The molecule has 8 heteroatoms. The average Bonchev–Trinajstić information content (AvgIpc) is 2.59. The minimum Gasteiger partial charge on any atom is -0.507 e. The predicted molar refractivity (Wildman–Crippen MR) is 101 cm³/mol. The number of phenols is 2. The molecule has 0 aliphatic rings. The molecule has 2 rings (SSSR count). The zero-order valence-corrected chi connectivity index (χ0v) is 16.0. The number of carbonyl (C=O) groups is 1. The van der Waals surface area contributed by atoms with Crippen molar-refractivity contribution in [3.63, 3.8) is 0 Å². The lowest BCUT2D eigenvalue weighted by Gasteiger charge is -2.26. The Labute approximate surface area is 161 Å². The first-order chi connectivity index (χ1) is 12.7. The minimum atomic E-state index is -0.767. The van der Waals surface area contributed by atoms with Crippen LogP contribution in [0.5, 0.6) is 11.5 Å². The number of phenolic OH excluding ortho intramolecular Hbond substituents is 2. The van der Waals surface area contributed by atoms with Crippen molar-refractivity contribution >= 4 is 17.6 Å². The number of rotatable bonds is 6. The second kappa shape index (κ2) is 8.45. The van der Waals surface area contributed by atoms with Crippen LogP contribution in [0, 0.1) is 5.92 Å². The molecular weight excluding hydrogens is 374 g/mol. The number of aliphatic hydroxyl groups is 1. The number of aromatic hydroxyl groups is 2. The molecule has 3 N–H and O–H groups in total. The summed E-state index contributed by atoms with van der Waals surface area (Å²) in [5, 5.41) is 29.7. The van der Waals surface area contributed by atoms with Crippen LogP contribution in [0.15, 0.2) is 29.2 Å². The number of halogens is 1. The smallest absolute Gasteiger partial charge is 0.343 e. The second-order valence-corrected chi connectivity index (χ2v) is 6.79. The van der Waals surface area contributed by atoms with E-state index in [-0.39, 0.29) is 52.5 Å². The van der Waals surface area contributed by atoms with Gasteiger partial charge in [-0.1, -0.05) is 25.4 Å². The lowest BCUT2D eigenvalue weighted by Crippen LogP contribution is -2.26. The highest BCUT2D eigenvalue weighted by molar-refractivity contribution is 6.32. The average molecular weight is 396 g/mol. The van der Waals surface area contributed by atoms with E-state index in [1.165, 1.54) is 18.3 Å². The van der Waals surface area contributed by atoms with Crippen LogP contribution in [0.4, 0.5) is 0 Å². The molecule has 146 valence electrons. The lowest BCUT2D eigenvalue weighted by atomic mass is 10.0. The van der Waals surface area contributed by atoms with E-state index in [4.69, 9.17) is 16.3 Å². The summed E-state index contributed by atoms with van der Waals surface area (Å²) in [6, 6.07) is 3.08. The van der Waals surface area contributed by atoms with Crippen molar-refractivity contribution in [1.82, 2.24) is 4.57 Å². The molecule has 0 radical (unpaired) electrons. The molecule has 0 aliphatic heterocycles. The molecule has 1 aromatic heterocycles. The molecule has 1 unspecified atom stereocenters. The van der Waals surface area contributed by atoms with Gasteiger partial charge >= 0.3 is 5.97 Å². The summed E-state index contributed by atoms with van der Waals surface area (Å²) in [7, 11) is 0. The van der Waals surface area contributed by atoms with Crippen LogP contribution < -0.4 is 5.43 Å². The van der Waals surface area contributed by atoms with Gasteiger partial charge < -0.3 is 24.6 Å². The van der Waals surface area contributed by atoms with Crippen molar-refractivity contribution in [2.75, 3.05) is 13.2 Å². The Morgan fingerprint density at radius 1 is 1.22 bits per heavy atom. The summed E-state index contributed by atoms with van der Waals surface area (Å²) in [5.41, 5.74) is -0.336. The maximum absolute atomic E-state index is 12.5. The summed E-state index contributed by atoms with van der Waals surface area (Å²) in [4.78, 5) is 24.6. The number of hydrogen-bond acceptors (Lipinski definition) is 6.